The number of aliphatic carboxylic acids is 4. The molecular formula is C10H19MnN2O8-5. The van der Waals surface area contributed by atoms with Crippen LogP contribution in [0.15, 0.2) is 0 Å². The number of hydrogen-bond donors (Lipinski definition) is 5. The van der Waals surface area contributed by atoms with Crippen molar-refractivity contribution >= 4 is 23.9 Å². The fourth-order valence-corrected chi connectivity index (χ4v) is 0. The van der Waals surface area contributed by atoms with Crippen LogP contribution < -0.4 is 5.73 Å². The molecule has 0 aromatic heterocycles. The Bertz CT molecular complexity index is 195. The molecule has 7 N–H and O–H groups in total. The molecule has 0 aliphatic carbocycles. The summed E-state index contributed by atoms with van der Waals surface area (Å²) in [7, 11) is 0. The molecule has 0 unspecified atom stereocenters. The fraction of sp³-hybridized carbons (Fsp3) is 0.200. The van der Waals surface area contributed by atoms with Crippen molar-refractivity contribution < 1.29 is 56.7 Å². The topological polar surface area (TPSA) is 199 Å². The maximum absolute atomic E-state index is 8.89. The van der Waals surface area contributed by atoms with E-state index in [2.05, 4.69) is 27.7 Å². The molecule has 0 fully saturated rings. The first-order chi connectivity index (χ1) is 8.84. The van der Waals surface area contributed by atoms with Crippen LogP contribution in [0.2, 0.25) is 0 Å². The molecule has 0 aliphatic heterocycles. The second kappa shape index (κ2) is 36.1. The number of nitrogens with one attached hydrogen (secondary N) is 1. The number of carboxylic acids is 4. The zero-order chi connectivity index (χ0) is 17.7. The van der Waals surface area contributed by atoms with Crippen molar-refractivity contribution in [1.82, 2.24) is 0 Å². The molecule has 0 saturated heterocycles. The molecule has 0 heterocycles. The van der Waals surface area contributed by atoms with Crippen molar-refractivity contribution in [3.63, 3.8) is 0 Å². The van der Waals surface area contributed by atoms with Gasteiger partial charge in [0.2, 0.25) is 0 Å². The van der Waals surface area contributed by atoms with Gasteiger partial charge in [-0.3, -0.25) is 46.9 Å². The number of carbonyl (C=O) groups is 4. The Morgan fingerprint density at radius 3 is 0.810 bits per heavy atom. The van der Waals surface area contributed by atoms with Crippen molar-refractivity contribution in [1.29, 1.82) is 0 Å². The number of carboxylic acid groups (broad SMARTS) is 4. The van der Waals surface area contributed by atoms with Crippen molar-refractivity contribution in [2.45, 2.75) is 0 Å². The van der Waals surface area contributed by atoms with Crippen molar-refractivity contribution in [2.24, 2.45) is 5.73 Å². The van der Waals surface area contributed by atoms with Crippen LogP contribution in [0.4, 0.5) is 0 Å². The van der Waals surface area contributed by atoms with Gasteiger partial charge in [0.25, 0.3) is 0 Å². The van der Waals surface area contributed by atoms with E-state index in [1.54, 1.807) is 0 Å². The van der Waals surface area contributed by atoms with Gasteiger partial charge in [0, 0.05) is 17.1 Å². The largest absolute Gasteiger partial charge is 0.676 e. The zero-order valence-corrected chi connectivity index (χ0v) is 12.3. The summed E-state index contributed by atoms with van der Waals surface area (Å²) in [6.07, 6.45) is 0. The van der Waals surface area contributed by atoms with Gasteiger partial charge in [-0.15, -0.1) is 6.54 Å². The summed E-state index contributed by atoms with van der Waals surface area (Å²) in [5, 5.41) is 29.2. The minimum Gasteiger partial charge on any atom is -0.676 e. The van der Waals surface area contributed by atoms with Crippen LogP contribution in [0, 0.1) is 27.7 Å². The average molecular weight is 350 g/mol. The van der Waals surface area contributed by atoms with Gasteiger partial charge in [-0.2, -0.15) is 0 Å². The van der Waals surface area contributed by atoms with Crippen LogP contribution in [0.25, 0.3) is 5.73 Å². The minimum absolute atomic E-state index is 0. The molecule has 11 heteroatoms. The van der Waals surface area contributed by atoms with Crippen LogP contribution in [-0.4, -0.2) is 57.4 Å². The predicted octanol–water partition coefficient (Wildman–Crippen LogP) is -0.385. The predicted molar refractivity (Wildman–Crippen MR) is 70.2 cm³/mol. The molecule has 129 valence electrons. The third kappa shape index (κ3) is 3080. The maximum atomic E-state index is 8.89. The van der Waals surface area contributed by atoms with Gasteiger partial charge < -0.3 is 31.9 Å². The van der Waals surface area contributed by atoms with E-state index in [1.807, 2.05) is 0 Å². The van der Waals surface area contributed by atoms with Crippen LogP contribution in [-0.2, 0) is 36.2 Å². The molecular weight excluding hydrogens is 331 g/mol. The van der Waals surface area contributed by atoms with Crippen LogP contribution in [0.1, 0.15) is 0 Å². The molecule has 10 nitrogen and oxygen atoms in total. The monoisotopic (exact) mass is 350 g/mol. The normalized spacial score (nSPS) is 6.00. The third-order valence-corrected chi connectivity index (χ3v) is 0.144. The van der Waals surface area contributed by atoms with Crippen LogP contribution in [0.3, 0.4) is 0 Å². The molecule has 0 bridgehead atoms. The average Bonchev–Trinajstić information content (AvgIpc) is 2.13. The van der Waals surface area contributed by atoms with E-state index in [9.17, 15) is 0 Å². The van der Waals surface area contributed by atoms with E-state index < -0.39 is 23.9 Å². The third-order valence-electron chi connectivity index (χ3n) is 0.144. The molecule has 1 radical (unpaired) electrons. The number of rotatable bonds is 1. The standard InChI is InChI=1S/C2H7N2.4C2H3O2.Mn/c3-1-2-4;4*1-2(3)4;/h3H,1-2,4H2;4*1H2,(H,3,4);/q5*-1;. The van der Waals surface area contributed by atoms with Crippen LogP contribution >= 0.6 is 0 Å². The summed E-state index contributed by atoms with van der Waals surface area (Å²) in [4.78, 5) is 35.6. The zero-order valence-electron chi connectivity index (χ0n) is 11.1. The van der Waals surface area contributed by atoms with Crippen LogP contribution in [0.5, 0.6) is 0 Å². The van der Waals surface area contributed by atoms with Gasteiger partial charge in [-0.05, 0) is 6.54 Å². The number of nitrogens with two attached hydrogens (primary N) is 1. The first-order valence-electron chi connectivity index (χ1n) is 4.39. The molecule has 0 amide bonds. The summed E-state index contributed by atoms with van der Waals surface area (Å²) in [6, 6.07) is 0. The minimum atomic E-state index is -1.08. The van der Waals surface area contributed by atoms with Crippen molar-refractivity contribution in [2.75, 3.05) is 13.1 Å². The molecule has 0 atom stereocenters. The molecule has 0 aliphatic rings. The molecule has 0 spiro atoms. The summed E-state index contributed by atoms with van der Waals surface area (Å²) in [6.45, 7) is 11.1. The van der Waals surface area contributed by atoms with E-state index in [4.69, 9.17) is 51.1 Å². The summed E-state index contributed by atoms with van der Waals surface area (Å²) >= 11 is 0. The van der Waals surface area contributed by atoms with E-state index in [0.29, 0.717) is 13.1 Å². The maximum Gasteiger partial charge on any atom is 0.161 e. The second-order valence-corrected chi connectivity index (χ2v) is 2.11. The smallest absolute Gasteiger partial charge is 0.161 e. The molecule has 21 heavy (non-hydrogen) atoms. The van der Waals surface area contributed by atoms with E-state index >= 15 is 0 Å². The first kappa shape index (κ1) is 36.4. The van der Waals surface area contributed by atoms with Gasteiger partial charge in [-0.25, -0.2) is 0 Å². The van der Waals surface area contributed by atoms with Gasteiger partial charge in [0.1, 0.15) is 0 Å². The fourth-order valence-electron chi connectivity index (χ4n) is 0. The second-order valence-electron chi connectivity index (χ2n) is 2.11. The number of hydrogen-bond acceptors (Lipinski definition) is 5. The first-order valence-corrected chi connectivity index (χ1v) is 4.39. The Balaban J connectivity index is -0.0000000331. The molecule has 0 aromatic rings. The Labute approximate surface area is 133 Å². The molecule has 0 saturated carbocycles. The Morgan fingerprint density at radius 2 is 0.810 bits per heavy atom. The van der Waals surface area contributed by atoms with E-state index in [1.165, 1.54) is 0 Å². The van der Waals surface area contributed by atoms with Crippen molar-refractivity contribution in [3.05, 3.63) is 33.4 Å². The Hall–Kier alpha value is -2.20. The van der Waals surface area contributed by atoms with Gasteiger partial charge in [-0.1, -0.05) is 0 Å². The van der Waals surface area contributed by atoms with Gasteiger partial charge >= 0.3 is 0 Å². The summed E-state index contributed by atoms with van der Waals surface area (Å²) in [5.41, 5.74) is 11.2. The van der Waals surface area contributed by atoms with Crippen molar-refractivity contribution in [3.8, 4) is 0 Å². The van der Waals surface area contributed by atoms with E-state index in [-0.39, 0.29) is 17.1 Å². The van der Waals surface area contributed by atoms with Gasteiger partial charge in [0.05, 0.1) is 0 Å². The Kier molecular flexibility index (Phi) is 62.5. The quantitative estimate of drug-likeness (QED) is 0.308. The van der Waals surface area contributed by atoms with Gasteiger partial charge in [0.15, 0.2) is 23.9 Å². The van der Waals surface area contributed by atoms with E-state index in [0.717, 1.165) is 0 Å². The Morgan fingerprint density at radius 1 is 0.762 bits per heavy atom. The molecule has 0 rings (SSSR count). The summed E-state index contributed by atoms with van der Waals surface area (Å²) in [5.74, 6) is -4.33. The summed E-state index contributed by atoms with van der Waals surface area (Å²) < 4.78 is 0. The molecule has 0 aromatic carbocycles. The SMILES string of the molecule is [CH2-]C(=O)O.[CH2-]C(=O)O.[CH2-]C(=O)O.[CH2-]C(=O)O.[Mn].[NH-]CCN.